The maximum Gasteiger partial charge on any atom is 0.434 e. The Kier molecular flexibility index (Phi) is 9.74. The Bertz CT molecular complexity index is 2270. The van der Waals surface area contributed by atoms with Crippen molar-refractivity contribution in [1.29, 1.82) is 0 Å². The average molecular weight is 772 g/mol. The molecule has 0 radical (unpaired) electrons. The van der Waals surface area contributed by atoms with Crippen molar-refractivity contribution in [3.05, 3.63) is 93.4 Å². The van der Waals surface area contributed by atoms with E-state index in [9.17, 15) is 35.9 Å². The van der Waals surface area contributed by atoms with Gasteiger partial charge in [0.2, 0.25) is 17.7 Å². The number of ether oxygens (including phenoxy) is 3. The number of halogens is 6. The molecule has 1 amide bonds. The smallest absolute Gasteiger partial charge is 0.434 e. The maximum absolute atomic E-state index is 13.7. The molecule has 2 fully saturated rings. The van der Waals surface area contributed by atoms with Gasteiger partial charge in [-0.25, -0.2) is 29.6 Å². The molecule has 13 nitrogen and oxygen atoms in total. The number of morpholine rings is 1. The van der Waals surface area contributed by atoms with Gasteiger partial charge in [-0.1, -0.05) is 6.07 Å². The minimum atomic E-state index is -5.09. The molecule has 0 unspecified atom stereocenters. The van der Waals surface area contributed by atoms with Crippen molar-refractivity contribution < 1.29 is 49.8 Å². The van der Waals surface area contributed by atoms with E-state index >= 15 is 0 Å². The number of nitrogens with zero attached hydrogens (tertiary/aromatic N) is 6. The summed E-state index contributed by atoms with van der Waals surface area (Å²) in [5.41, 5.74) is 0.315. The largest absolute Gasteiger partial charge is 0.481 e. The van der Waals surface area contributed by atoms with Crippen LogP contribution in [0.3, 0.4) is 0 Å². The minimum Gasteiger partial charge on any atom is -0.481 e. The topological polar surface area (TPSA) is 149 Å². The van der Waals surface area contributed by atoms with Crippen LogP contribution in [-0.4, -0.2) is 75.6 Å². The molecule has 19 heteroatoms. The van der Waals surface area contributed by atoms with E-state index in [1.807, 2.05) is 11.8 Å². The molecule has 0 aliphatic carbocycles. The van der Waals surface area contributed by atoms with Crippen molar-refractivity contribution in [3.63, 3.8) is 0 Å². The summed E-state index contributed by atoms with van der Waals surface area (Å²) < 4.78 is 104. The number of amides is 1. The zero-order chi connectivity index (χ0) is 39.2. The summed E-state index contributed by atoms with van der Waals surface area (Å²) in [7, 11) is 1.42. The number of alkyl halides is 6. The summed E-state index contributed by atoms with van der Waals surface area (Å²) in [5.74, 6) is -0.0947. The number of benzene rings is 2. The number of hydrogen-bond donors (Lipinski definition) is 1. The molecule has 5 aromatic rings. The van der Waals surface area contributed by atoms with Crippen LogP contribution in [0.5, 0.6) is 5.88 Å². The molecule has 288 valence electrons. The molecule has 1 N–H and O–H groups in total. The van der Waals surface area contributed by atoms with Gasteiger partial charge >= 0.3 is 24.2 Å². The lowest BCUT2D eigenvalue weighted by atomic mass is 9.96. The third-order valence-corrected chi connectivity index (χ3v) is 9.36. The van der Waals surface area contributed by atoms with Crippen LogP contribution in [0.15, 0.2) is 64.1 Å². The molecule has 7 rings (SSSR count). The second kappa shape index (κ2) is 14.3. The number of rotatable bonds is 8. The number of hydrogen-bond acceptors (Lipinski definition) is 11. The molecule has 0 bridgehead atoms. The maximum atomic E-state index is 13.7. The van der Waals surface area contributed by atoms with Crippen LogP contribution < -0.4 is 15.4 Å². The number of aromatic nitrogens is 5. The first-order valence-electron chi connectivity index (χ1n) is 16.8. The van der Waals surface area contributed by atoms with Crippen molar-refractivity contribution in [2.45, 2.75) is 44.9 Å². The SMILES string of the molecule is COc1ncc(-c2ccc(-c3n[nH]c(=O)o3)cc2C)cc1-c1cnc(N2CCOCC2)nc1CN1C(=O)O[C@H](c2cc(C(F)(F)F)cc(C(F)(F)F)c2)[C@@H]1C. The summed E-state index contributed by atoms with van der Waals surface area (Å²) >= 11 is 0. The van der Waals surface area contributed by atoms with Crippen LogP contribution in [0.1, 0.15) is 41.0 Å². The summed E-state index contributed by atoms with van der Waals surface area (Å²) in [6.07, 6.45) is -9.49. The van der Waals surface area contributed by atoms with Crippen LogP contribution in [0, 0.1) is 6.92 Å². The lowest BCUT2D eigenvalue weighted by Crippen LogP contribution is -2.38. The molecular weight excluding hydrogens is 740 g/mol. The first-order valence-corrected chi connectivity index (χ1v) is 16.8. The van der Waals surface area contributed by atoms with Crippen molar-refractivity contribution in [2.24, 2.45) is 0 Å². The molecule has 2 atom stereocenters. The molecule has 2 aliphatic heterocycles. The monoisotopic (exact) mass is 771 g/mol. The molecule has 3 aromatic heterocycles. The highest BCUT2D eigenvalue weighted by atomic mass is 19.4. The Morgan fingerprint density at radius 3 is 2.22 bits per heavy atom. The molecular formula is C36H31F6N7O6. The Labute approximate surface area is 307 Å². The number of aromatic amines is 1. The fraction of sp³-hybridized carbons (Fsp3) is 0.333. The van der Waals surface area contributed by atoms with Gasteiger partial charge in [0.1, 0.15) is 6.10 Å². The fourth-order valence-corrected chi connectivity index (χ4v) is 6.56. The fourth-order valence-electron chi connectivity index (χ4n) is 6.56. The van der Waals surface area contributed by atoms with E-state index in [0.717, 1.165) is 11.1 Å². The van der Waals surface area contributed by atoms with Crippen molar-refractivity contribution in [1.82, 2.24) is 30.0 Å². The minimum absolute atomic E-state index is 0.0207. The zero-order valence-corrected chi connectivity index (χ0v) is 29.3. The number of nitrogens with one attached hydrogen (secondary N) is 1. The van der Waals surface area contributed by atoms with Gasteiger partial charge in [-0.3, -0.25) is 4.90 Å². The average Bonchev–Trinajstić information content (AvgIpc) is 3.72. The number of carbonyl (C=O) groups is 1. The number of anilines is 1. The third-order valence-electron chi connectivity index (χ3n) is 9.36. The second-order valence-electron chi connectivity index (χ2n) is 12.9. The van der Waals surface area contributed by atoms with Crippen molar-refractivity contribution >= 4 is 12.0 Å². The number of pyridine rings is 1. The highest BCUT2D eigenvalue weighted by Crippen LogP contribution is 2.42. The predicted molar refractivity (Wildman–Crippen MR) is 182 cm³/mol. The molecule has 0 spiro atoms. The van der Waals surface area contributed by atoms with E-state index < -0.39 is 53.0 Å². The lowest BCUT2D eigenvalue weighted by molar-refractivity contribution is -0.143. The normalized spacial score (nSPS) is 17.8. The van der Waals surface area contributed by atoms with E-state index in [0.29, 0.717) is 66.6 Å². The van der Waals surface area contributed by atoms with Gasteiger partial charge in [-0.2, -0.15) is 26.3 Å². The van der Waals surface area contributed by atoms with Crippen LogP contribution in [0.2, 0.25) is 0 Å². The Morgan fingerprint density at radius 2 is 1.60 bits per heavy atom. The lowest BCUT2D eigenvalue weighted by Gasteiger charge is -2.28. The van der Waals surface area contributed by atoms with E-state index in [1.54, 1.807) is 30.5 Å². The van der Waals surface area contributed by atoms with E-state index in [-0.39, 0.29) is 30.1 Å². The highest BCUT2D eigenvalue weighted by molar-refractivity contribution is 5.79. The molecule has 5 heterocycles. The summed E-state index contributed by atoms with van der Waals surface area (Å²) in [6.45, 7) is 4.81. The molecule has 0 saturated carbocycles. The quantitative estimate of drug-likeness (QED) is 0.166. The van der Waals surface area contributed by atoms with Crippen LogP contribution >= 0.6 is 0 Å². The van der Waals surface area contributed by atoms with Crippen molar-refractivity contribution in [3.8, 4) is 39.6 Å². The van der Waals surface area contributed by atoms with E-state index in [4.69, 9.17) is 23.6 Å². The summed E-state index contributed by atoms with van der Waals surface area (Å²) in [4.78, 5) is 41.9. The van der Waals surface area contributed by atoms with Gasteiger partial charge in [0.15, 0.2) is 0 Å². The summed E-state index contributed by atoms with van der Waals surface area (Å²) in [5, 5.41) is 6.10. The number of methoxy groups -OCH3 is 1. The van der Waals surface area contributed by atoms with Gasteiger partial charge in [-0.05, 0) is 66.9 Å². The second-order valence-corrected chi connectivity index (χ2v) is 12.9. The number of cyclic esters (lactones) is 1. The highest BCUT2D eigenvalue weighted by Gasteiger charge is 2.44. The Hall–Kier alpha value is -5.98. The van der Waals surface area contributed by atoms with Gasteiger partial charge in [0.25, 0.3) is 0 Å². The van der Waals surface area contributed by atoms with E-state index in [1.165, 1.54) is 25.1 Å². The molecule has 55 heavy (non-hydrogen) atoms. The molecule has 2 aliphatic rings. The Balaban J connectivity index is 1.28. The number of aryl methyl sites for hydroxylation is 1. The Morgan fingerprint density at radius 1 is 0.891 bits per heavy atom. The standard InChI is InChI=1S/C36H31F6N7O6/c1-18-10-20(30-46-47-33(50)55-30)4-5-25(18)22-13-26(31(52-3)43-15-22)27-16-44-32(48-6-8-53-9-7-48)45-28(27)17-49-19(2)29(54-34(49)51)21-11-23(35(37,38)39)14-24(12-21)36(40,41)42/h4-5,10-16,19,29H,6-9,17H2,1-3H3,(H,47,50)/t19-,29-/m0/s1. The van der Waals surface area contributed by atoms with Crippen LogP contribution in [0.4, 0.5) is 37.1 Å². The van der Waals surface area contributed by atoms with Crippen LogP contribution in [0.25, 0.3) is 33.7 Å². The molecule has 2 aromatic carbocycles. The third kappa shape index (κ3) is 7.56. The van der Waals surface area contributed by atoms with Crippen molar-refractivity contribution in [2.75, 3.05) is 38.3 Å². The first-order chi connectivity index (χ1) is 26.1. The van der Waals surface area contributed by atoms with Crippen LogP contribution in [-0.2, 0) is 28.4 Å². The number of carbonyl (C=O) groups excluding carboxylic acids is 1. The number of H-pyrrole nitrogens is 1. The predicted octanol–water partition coefficient (Wildman–Crippen LogP) is 6.82. The van der Waals surface area contributed by atoms with Gasteiger partial charge < -0.3 is 23.5 Å². The van der Waals surface area contributed by atoms with E-state index in [2.05, 4.69) is 20.2 Å². The van der Waals surface area contributed by atoms with Gasteiger partial charge in [0.05, 0.1) is 49.7 Å². The molecule has 2 saturated heterocycles. The van der Waals surface area contributed by atoms with Gasteiger partial charge in [0, 0.05) is 47.7 Å². The summed E-state index contributed by atoms with van der Waals surface area (Å²) in [6, 6.07) is 7.19. The zero-order valence-electron chi connectivity index (χ0n) is 29.3. The van der Waals surface area contributed by atoms with Gasteiger partial charge in [-0.15, -0.1) is 5.10 Å². The first kappa shape index (κ1) is 37.3.